The number of phenolic OH excluding ortho intramolecular Hbond substituents is 1. The molecule has 0 atom stereocenters. The van der Waals surface area contributed by atoms with Crippen LogP contribution in [0.5, 0.6) is 11.5 Å². The number of hydrogen-bond acceptors (Lipinski definition) is 4. The maximum Gasteiger partial charge on any atom is 0.197 e. The predicted octanol–water partition coefficient (Wildman–Crippen LogP) is 7.82. The van der Waals surface area contributed by atoms with Crippen molar-refractivity contribution in [1.82, 2.24) is 0 Å². The summed E-state index contributed by atoms with van der Waals surface area (Å²) in [4.78, 5) is 13.5. The molecule has 3 aromatic carbocycles. The predicted molar refractivity (Wildman–Crippen MR) is 133 cm³/mol. The molecule has 6 heteroatoms. The van der Waals surface area contributed by atoms with E-state index >= 15 is 0 Å². The summed E-state index contributed by atoms with van der Waals surface area (Å²) in [6, 6.07) is 18.8. The number of carbonyl (C=O) groups is 1. The highest BCUT2D eigenvalue weighted by atomic mass is 79.9. The molecule has 4 aromatic rings. The van der Waals surface area contributed by atoms with Gasteiger partial charge in [0.25, 0.3) is 0 Å². The first kappa shape index (κ1) is 22.6. The molecule has 4 rings (SSSR count). The molecule has 1 N–H and O–H groups in total. The van der Waals surface area contributed by atoms with E-state index in [-0.39, 0.29) is 11.5 Å². The first-order valence-corrected chi connectivity index (χ1v) is 12.0. The van der Waals surface area contributed by atoms with E-state index in [0.717, 1.165) is 23.8 Å². The second kappa shape index (κ2) is 9.92. The number of aryl methyl sites for hydroxylation is 1. The SMILES string of the molecule is CCCCc1oc2cc(OCc3ccccc3)ccc2c1C(=O)c1cc(Br)c(O)c(Br)c1. The highest BCUT2D eigenvalue weighted by molar-refractivity contribution is 9.11. The number of unbranched alkanes of at least 4 members (excludes halogenated alkanes) is 1. The molecule has 0 radical (unpaired) electrons. The van der Waals surface area contributed by atoms with Gasteiger partial charge in [0.1, 0.15) is 29.4 Å². The highest BCUT2D eigenvalue weighted by Gasteiger charge is 2.23. The zero-order valence-electron chi connectivity index (χ0n) is 17.5. The molecule has 1 heterocycles. The minimum Gasteiger partial charge on any atom is -0.506 e. The van der Waals surface area contributed by atoms with Crippen molar-refractivity contribution in [2.75, 3.05) is 0 Å². The van der Waals surface area contributed by atoms with Gasteiger partial charge in [-0.15, -0.1) is 0 Å². The number of ether oxygens (including phenoxy) is 1. The van der Waals surface area contributed by atoms with Crippen molar-refractivity contribution in [2.45, 2.75) is 32.8 Å². The van der Waals surface area contributed by atoms with Crippen LogP contribution in [0, 0.1) is 0 Å². The van der Waals surface area contributed by atoms with Gasteiger partial charge in [-0.05, 0) is 68.1 Å². The molecule has 4 nitrogen and oxygen atoms in total. The van der Waals surface area contributed by atoms with Gasteiger partial charge < -0.3 is 14.3 Å². The summed E-state index contributed by atoms with van der Waals surface area (Å²) in [6.07, 6.45) is 2.58. The van der Waals surface area contributed by atoms with Crippen molar-refractivity contribution in [3.8, 4) is 11.5 Å². The van der Waals surface area contributed by atoms with Crippen molar-refractivity contribution in [2.24, 2.45) is 0 Å². The first-order valence-electron chi connectivity index (χ1n) is 10.4. The van der Waals surface area contributed by atoms with E-state index in [9.17, 15) is 9.90 Å². The number of halogens is 2. The molecule has 0 amide bonds. The van der Waals surface area contributed by atoms with Crippen LogP contribution in [0.25, 0.3) is 11.0 Å². The zero-order valence-corrected chi connectivity index (χ0v) is 20.7. The average Bonchev–Trinajstić information content (AvgIpc) is 3.17. The van der Waals surface area contributed by atoms with Gasteiger partial charge in [0, 0.05) is 23.4 Å². The largest absolute Gasteiger partial charge is 0.506 e. The maximum atomic E-state index is 13.5. The van der Waals surface area contributed by atoms with Crippen LogP contribution in [0.4, 0.5) is 0 Å². The van der Waals surface area contributed by atoms with Gasteiger partial charge in [-0.3, -0.25) is 4.79 Å². The van der Waals surface area contributed by atoms with Crippen molar-refractivity contribution >= 4 is 48.6 Å². The summed E-state index contributed by atoms with van der Waals surface area (Å²) in [5, 5.41) is 10.8. The summed E-state index contributed by atoms with van der Waals surface area (Å²) in [6.45, 7) is 2.56. The van der Waals surface area contributed by atoms with Gasteiger partial charge in [-0.1, -0.05) is 43.7 Å². The van der Waals surface area contributed by atoms with E-state index in [4.69, 9.17) is 9.15 Å². The third kappa shape index (κ3) is 4.76. The van der Waals surface area contributed by atoms with Gasteiger partial charge in [-0.25, -0.2) is 0 Å². The lowest BCUT2D eigenvalue weighted by molar-refractivity contribution is 0.103. The van der Waals surface area contributed by atoms with E-state index in [2.05, 4.69) is 38.8 Å². The number of ketones is 1. The Kier molecular flexibility index (Phi) is 7.01. The molecule has 32 heavy (non-hydrogen) atoms. The molecule has 0 aliphatic heterocycles. The van der Waals surface area contributed by atoms with Crippen LogP contribution in [-0.2, 0) is 13.0 Å². The Morgan fingerprint density at radius 1 is 1.03 bits per heavy atom. The number of rotatable bonds is 8. The molecular weight excluding hydrogens is 536 g/mol. The Balaban J connectivity index is 1.71. The van der Waals surface area contributed by atoms with E-state index in [0.29, 0.717) is 50.2 Å². The van der Waals surface area contributed by atoms with Crippen LogP contribution in [0.15, 0.2) is 74.0 Å². The second-order valence-electron chi connectivity index (χ2n) is 7.55. The molecule has 0 bridgehead atoms. The number of furan rings is 1. The standard InChI is InChI=1S/C26H22Br2O4/c1-2-3-9-22-24(25(29)17-12-20(27)26(30)21(28)13-17)19-11-10-18(14-23(19)32-22)31-15-16-7-5-4-6-8-16/h4-8,10-14,30H,2-3,9,15H2,1H3. The fourth-order valence-electron chi connectivity index (χ4n) is 3.56. The second-order valence-corrected chi connectivity index (χ2v) is 9.26. The Hall–Kier alpha value is -2.57. The van der Waals surface area contributed by atoms with E-state index < -0.39 is 0 Å². The van der Waals surface area contributed by atoms with Crippen LogP contribution in [-0.4, -0.2) is 10.9 Å². The van der Waals surface area contributed by atoms with Gasteiger partial charge in [0.05, 0.1) is 14.5 Å². The number of benzene rings is 3. The van der Waals surface area contributed by atoms with E-state index in [1.165, 1.54) is 0 Å². The molecule has 0 fully saturated rings. The molecule has 0 aliphatic carbocycles. The molecule has 0 spiro atoms. The van der Waals surface area contributed by atoms with Crippen LogP contribution >= 0.6 is 31.9 Å². The molecule has 0 aliphatic rings. The van der Waals surface area contributed by atoms with Crippen molar-refractivity contribution in [1.29, 1.82) is 0 Å². The molecular formula is C26H22Br2O4. The summed E-state index contributed by atoms with van der Waals surface area (Å²) in [5.74, 6) is 1.28. The third-order valence-electron chi connectivity index (χ3n) is 5.25. The van der Waals surface area contributed by atoms with Crippen molar-refractivity contribution in [3.05, 3.63) is 92.1 Å². The lowest BCUT2D eigenvalue weighted by Gasteiger charge is -2.07. The lowest BCUT2D eigenvalue weighted by Crippen LogP contribution is -2.04. The molecule has 0 saturated carbocycles. The highest BCUT2D eigenvalue weighted by Crippen LogP contribution is 2.36. The van der Waals surface area contributed by atoms with Crippen LogP contribution in [0.3, 0.4) is 0 Å². The minimum absolute atomic E-state index is 0.0602. The lowest BCUT2D eigenvalue weighted by atomic mass is 9.98. The molecule has 0 unspecified atom stereocenters. The summed E-state index contributed by atoms with van der Waals surface area (Å²) >= 11 is 6.62. The number of fused-ring (bicyclic) bond motifs is 1. The average molecular weight is 558 g/mol. The Morgan fingerprint density at radius 2 is 1.75 bits per heavy atom. The number of carbonyl (C=O) groups excluding carboxylic acids is 1. The zero-order chi connectivity index (χ0) is 22.7. The van der Waals surface area contributed by atoms with Crippen LogP contribution < -0.4 is 4.74 Å². The maximum absolute atomic E-state index is 13.5. The summed E-state index contributed by atoms with van der Waals surface area (Å²) < 4.78 is 13.0. The number of aromatic hydroxyl groups is 1. The van der Waals surface area contributed by atoms with Gasteiger partial charge in [0.15, 0.2) is 5.78 Å². The van der Waals surface area contributed by atoms with Gasteiger partial charge >= 0.3 is 0 Å². The smallest absolute Gasteiger partial charge is 0.197 e. The Labute approximate surface area is 203 Å². The minimum atomic E-state index is -0.144. The van der Waals surface area contributed by atoms with Crippen LogP contribution in [0.2, 0.25) is 0 Å². The first-order chi connectivity index (χ1) is 15.5. The topological polar surface area (TPSA) is 59.7 Å². The number of phenols is 1. The summed E-state index contributed by atoms with van der Waals surface area (Å²) in [5.41, 5.74) is 2.73. The van der Waals surface area contributed by atoms with Crippen LogP contribution in [0.1, 0.15) is 47.0 Å². The quantitative estimate of drug-likeness (QED) is 0.224. The normalized spacial score (nSPS) is 11.1. The summed E-state index contributed by atoms with van der Waals surface area (Å²) in [7, 11) is 0. The number of hydrogen-bond donors (Lipinski definition) is 1. The van der Waals surface area contributed by atoms with E-state index in [1.807, 2.05) is 48.5 Å². The Bertz CT molecular complexity index is 1240. The van der Waals surface area contributed by atoms with Gasteiger partial charge in [-0.2, -0.15) is 0 Å². The van der Waals surface area contributed by atoms with Crippen molar-refractivity contribution < 1.29 is 19.1 Å². The third-order valence-corrected chi connectivity index (χ3v) is 6.46. The Morgan fingerprint density at radius 3 is 2.44 bits per heavy atom. The molecule has 0 saturated heterocycles. The molecule has 1 aromatic heterocycles. The fraction of sp³-hybridized carbons (Fsp3) is 0.192. The van der Waals surface area contributed by atoms with Crippen molar-refractivity contribution in [3.63, 3.8) is 0 Å². The van der Waals surface area contributed by atoms with Gasteiger partial charge in [0.2, 0.25) is 0 Å². The monoisotopic (exact) mass is 556 g/mol. The fourth-order valence-corrected chi connectivity index (χ4v) is 4.75. The molecule has 164 valence electrons. The van der Waals surface area contributed by atoms with E-state index in [1.54, 1.807) is 12.1 Å².